The molecule has 7 nitrogen and oxygen atoms in total. The van der Waals surface area contributed by atoms with Gasteiger partial charge in [0, 0.05) is 18.0 Å². The predicted molar refractivity (Wildman–Crippen MR) is 56.0 cm³/mol. The standard InChI is InChI=1S/C10H11N3O4/c1-17-10(16)8(15)7(14)6-5-12-13-4-2-3-11-9(6)13/h2-5,7-8,14-15H,1H3. The number of carbonyl (C=O) groups excluding carboxylic acids is 1. The van der Waals surface area contributed by atoms with E-state index in [1.54, 1.807) is 12.3 Å². The molecule has 0 aromatic carbocycles. The van der Waals surface area contributed by atoms with Crippen molar-refractivity contribution in [2.24, 2.45) is 0 Å². The van der Waals surface area contributed by atoms with Crippen molar-refractivity contribution in [2.75, 3.05) is 7.11 Å². The molecule has 2 aromatic heterocycles. The summed E-state index contributed by atoms with van der Waals surface area (Å²) in [5.41, 5.74) is 0.645. The van der Waals surface area contributed by atoms with Gasteiger partial charge in [-0.25, -0.2) is 14.3 Å². The third-order valence-corrected chi connectivity index (χ3v) is 2.37. The van der Waals surface area contributed by atoms with Crippen LogP contribution in [0.1, 0.15) is 11.7 Å². The van der Waals surface area contributed by atoms with Crippen molar-refractivity contribution in [1.82, 2.24) is 14.6 Å². The minimum absolute atomic E-state index is 0.267. The smallest absolute Gasteiger partial charge is 0.337 e. The van der Waals surface area contributed by atoms with Crippen molar-refractivity contribution in [2.45, 2.75) is 12.2 Å². The minimum Gasteiger partial charge on any atom is -0.467 e. The van der Waals surface area contributed by atoms with E-state index in [0.717, 1.165) is 7.11 Å². The molecule has 7 heteroatoms. The van der Waals surface area contributed by atoms with E-state index in [1.807, 2.05) is 0 Å². The van der Waals surface area contributed by atoms with Gasteiger partial charge in [-0.15, -0.1) is 0 Å². The summed E-state index contributed by atoms with van der Waals surface area (Å²) in [4.78, 5) is 15.1. The Morgan fingerprint density at radius 1 is 1.53 bits per heavy atom. The van der Waals surface area contributed by atoms with E-state index >= 15 is 0 Å². The highest BCUT2D eigenvalue weighted by Crippen LogP contribution is 2.20. The van der Waals surface area contributed by atoms with Gasteiger partial charge in [-0.1, -0.05) is 0 Å². The lowest BCUT2D eigenvalue weighted by atomic mass is 10.1. The number of carbonyl (C=O) groups is 1. The number of aromatic nitrogens is 3. The van der Waals surface area contributed by atoms with Gasteiger partial charge in [-0.3, -0.25) is 0 Å². The zero-order valence-corrected chi connectivity index (χ0v) is 9.02. The second kappa shape index (κ2) is 4.48. The van der Waals surface area contributed by atoms with Crippen LogP contribution >= 0.6 is 0 Å². The van der Waals surface area contributed by atoms with Crippen LogP contribution in [0.5, 0.6) is 0 Å². The van der Waals surface area contributed by atoms with Gasteiger partial charge in [0.1, 0.15) is 6.10 Å². The maximum absolute atomic E-state index is 11.1. The second-order valence-electron chi connectivity index (χ2n) is 3.40. The minimum atomic E-state index is -1.66. The normalized spacial score (nSPS) is 14.5. The number of nitrogens with zero attached hydrogens (tertiary/aromatic N) is 3. The Hall–Kier alpha value is -1.99. The van der Waals surface area contributed by atoms with Gasteiger partial charge in [-0.05, 0) is 6.07 Å². The van der Waals surface area contributed by atoms with E-state index in [4.69, 9.17) is 0 Å². The summed E-state index contributed by atoms with van der Waals surface area (Å²) in [6.45, 7) is 0. The average Bonchev–Trinajstić information content (AvgIpc) is 2.79. The maximum Gasteiger partial charge on any atom is 0.337 e. The van der Waals surface area contributed by atoms with Gasteiger partial charge in [-0.2, -0.15) is 5.10 Å². The Bertz CT molecular complexity index is 539. The van der Waals surface area contributed by atoms with Crippen molar-refractivity contribution in [3.63, 3.8) is 0 Å². The van der Waals surface area contributed by atoms with E-state index in [-0.39, 0.29) is 5.56 Å². The van der Waals surface area contributed by atoms with Gasteiger partial charge in [0.2, 0.25) is 0 Å². The number of fused-ring (bicyclic) bond motifs is 1. The molecule has 2 N–H and O–H groups in total. The number of aliphatic hydroxyl groups is 2. The molecule has 0 amide bonds. The van der Waals surface area contributed by atoms with Gasteiger partial charge in [0.15, 0.2) is 11.8 Å². The monoisotopic (exact) mass is 237 g/mol. The molecule has 0 bridgehead atoms. The van der Waals surface area contributed by atoms with Crippen molar-refractivity contribution in [3.8, 4) is 0 Å². The molecule has 0 aliphatic heterocycles. The lowest BCUT2D eigenvalue weighted by molar-refractivity contribution is -0.156. The molecular formula is C10H11N3O4. The number of hydrogen-bond donors (Lipinski definition) is 2. The first-order valence-corrected chi connectivity index (χ1v) is 4.87. The van der Waals surface area contributed by atoms with Gasteiger partial charge in [0.25, 0.3) is 0 Å². The Morgan fingerprint density at radius 2 is 2.29 bits per heavy atom. The number of esters is 1. The first-order chi connectivity index (χ1) is 8.15. The molecular weight excluding hydrogens is 226 g/mol. The lowest BCUT2D eigenvalue weighted by Gasteiger charge is -2.14. The molecule has 0 aliphatic carbocycles. The van der Waals surface area contributed by atoms with E-state index in [9.17, 15) is 15.0 Å². The van der Waals surface area contributed by atoms with Crippen LogP contribution in [0.25, 0.3) is 5.65 Å². The second-order valence-corrected chi connectivity index (χ2v) is 3.40. The van der Waals surface area contributed by atoms with E-state index in [2.05, 4.69) is 14.8 Å². The topological polar surface area (TPSA) is 97.0 Å². The van der Waals surface area contributed by atoms with E-state index in [1.165, 1.54) is 16.9 Å². The molecule has 0 saturated heterocycles. The van der Waals surface area contributed by atoms with Gasteiger partial charge < -0.3 is 14.9 Å². The summed E-state index contributed by atoms with van der Waals surface area (Å²) in [5, 5.41) is 23.3. The van der Waals surface area contributed by atoms with Crippen LogP contribution < -0.4 is 0 Å². The number of ether oxygens (including phenoxy) is 1. The van der Waals surface area contributed by atoms with Crippen molar-refractivity contribution >= 4 is 11.6 Å². The Morgan fingerprint density at radius 3 is 3.00 bits per heavy atom. The average molecular weight is 237 g/mol. The summed E-state index contributed by atoms with van der Waals surface area (Å²) in [7, 11) is 1.13. The molecule has 0 fully saturated rings. The summed E-state index contributed by atoms with van der Waals surface area (Å²) in [6, 6.07) is 1.67. The molecule has 2 rings (SSSR count). The van der Waals surface area contributed by atoms with Crippen LogP contribution in [-0.4, -0.2) is 44.0 Å². The first-order valence-electron chi connectivity index (χ1n) is 4.87. The Balaban J connectivity index is 2.36. The zero-order chi connectivity index (χ0) is 12.4. The molecule has 2 aromatic rings. The fourth-order valence-electron chi connectivity index (χ4n) is 1.47. The zero-order valence-electron chi connectivity index (χ0n) is 9.02. The van der Waals surface area contributed by atoms with Crippen LogP contribution in [0.2, 0.25) is 0 Å². The first kappa shape index (κ1) is 11.5. The van der Waals surface area contributed by atoms with Crippen LogP contribution in [-0.2, 0) is 9.53 Å². The highest BCUT2D eigenvalue weighted by Gasteiger charge is 2.29. The molecule has 90 valence electrons. The number of rotatable bonds is 3. The lowest BCUT2D eigenvalue weighted by Crippen LogP contribution is -2.29. The van der Waals surface area contributed by atoms with Crippen molar-refractivity contribution < 1.29 is 19.7 Å². The third kappa shape index (κ3) is 1.97. The Kier molecular flexibility index (Phi) is 3.03. The summed E-state index contributed by atoms with van der Waals surface area (Å²) < 4.78 is 5.78. The van der Waals surface area contributed by atoms with Crippen LogP contribution in [0, 0.1) is 0 Å². The fraction of sp³-hybridized carbons (Fsp3) is 0.300. The van der Waals surface area contributed by atoms with Crippen molar-refractivity contribution in [1.29, 1.82) is 0 Å². The highest BCUT2D eigenvalue weighted by molar-refractivity contribution is 5.75. The number of methoxy groups -OCH3 is 1. The SMILES string of the molecule is COC(=O)C(O)C(O)c1cnn2cccnc12. The van der Waals surface area contributed by atoms with Gasteiger partial charge in [0.05, 0.1) is 13.3 Å². The quantitative estimate of drug-likeness (QED) is 0.685. The summed E-state index contributed by atoms with van der Waals surface area (Å²) >= 11 is 0. The number of aliphatic hydroxyl groups excluding tert-OH is 2. The molecule has 17 heavy (non-hydrogen) atoms. The van der Waals surface area contributed by atoms with Crippen LogP contribution in [0.4, 0.5) is 0 Å². The summed E-state index contributed by atoms with van der Waals surface area (Å²) in [6.07, 6.45) is 1.44. The molecule has 0 spiro atoms. The molecule has 0 radical (unpaired) electrons. The van der Waals surface area contributed by atoms with E-state index < -0.39 is 18.2 Å². The molecule has 0 saturated carbocycles. The maximum atomic E-state index is 11.1. The highest BCUT2D eigenvalue weighted by atomic mass is 16.5. The largest absolute Gasteiger partial charge is 0.467 e. The Labute approximate surface area is 96.3 Å². The van der Waals surface area contributed by atoms with Crippen molar-refractivity contribution in [3.05, 3.63) is 30.2 Å². The molecule has 0 aliphatic rings. The molecule has 2 unspecified atom stereocenters. The van der Waals surface area contributed by atoms with Crippen LogP contribution in [0.15, 0.2) is 24.7 Å². The van der Waals surface area contributed by atoms with Crippen LogP contribution in [0.3, 0.4) is 0 Å². The number of hydrogen-bond acceptors (Lipinski definition) is 6. The predicted octanol–water partition coefficient (Wildman–Crippen LogP) is -0.703. The van der Waals surface area contributed by atoms with Gasteiger partial charge >= 0.3 is 5.97 Å². The summed E-state index contributed by atoms with van der Waals surface area (Å²) in [5.74, 6) is -0.909. The third-order valence-electron chi connectivity index (χ3n) is 2.37. The molecule has 2 atom stereocenters. The fourth-order valence-corrected chi connectivity index (χ4v) is 1.47. The molecule has 2 heterocycles. The van der Waals surface area contributed by atoms with E-state index in [0.29, 0.717) is 5.65 Å².